The summed E-state index contributed by atoms with van der Waals surface area (Å²) >= 11 is 6.56. The summed E-state index contributed by atoms with van der Waals surface area (Å²) in [6.07, 6.45) is 0.818. The summed E-state index contributed by atoms with van der Waals surface area (Å²) in [5.74, 6) is 0.0689. The molecule has 0 aromatic rings. The molecule has 0 aliphatic heterocycles. The van der Waals surface area contributed by atoms with Crippen LogP contribution in [0.3, 0.4) is 0 Å². The fraction of sp³-hybridized carbons (Fsp3) is 0.857. The summed E-state index contributed by atoms with van der Waals surface area (Å²) < 4.78 is 0. The van der Waals surface area contributed by atoms with E-state index in [2.05, 4.69) is 37.2 Å². The fourth-order valence-corrected chi connectivity index (χ4v) is 2.04. The molecular formula is C7H13Br2NO. The monoisotopic (exact) mass is 285 g/mol. The van der Waals surface area contributed by atoms with Crippen LogP contribution in [-0.4, -0.2) is 22.1 Å². The van der Waals surface area contributed by atoms with Crippen molar-refractivity contribution in [3.05, 3.63) is 0 Å². The van der Waals surface area contributed by atoms with Gasteiger partial charge in [-0.3, -0.25) is 4.79 Å². The summed E-state index contributed by atoms with van der Waals surface area (Å²) in [5, 5.41) is 3.66. The van der Waals surface area contributed by atoms with Crippen molar-refractivity contribution < 1.29 is 4.79 Å². The molecule has 0 rings (SSSR count). The van der Waals surface area contributed by atoms with Crippen molar-refractivity contribution in [1.29, 1.82) is 0 Å². The summed E-state index contributed by atoms with van der Waals surface area (Å²) in [4.78, 5) is 11.1. The van der Waals surface area contributed by atoms with E-state index in [0.717, 1.165) is 11.8 Å². The molecule has 0 radical (unpaired) electrons. The van der Waals surface area contributed by atoms with Crippen molar-refractivity contribution in [2.45, 2.75) is 31.1 Å². The van der Waals surface area contributed by atoms with Crippen LogP contribution in [-0.2, 0) is 4.79 Å². The molecule has 0 heterocycles. The first-order valence-electron chi connectivity index (χ1n) is 3.58. The van der Waals surface area contributed by atoms with E-state index in [1.807, 2.05) is 13.8 Å². The number of halogens is 2. The van der Waals surface area contributed by atoms with Crippen LogP contribution in [0.4, 0.5) is 0 Å². The first-order valence-corrected chi connectivity index (χ1v) is 5.62. The van der Waals surface area contributed by atoms with E-state index in [1.54, 1.807) is 0 Å². The second-order valence-corrected chi connectivity index (χ2v) is 4.51. The topological polar surface area (TPSA) is 29.1 Å². The van der Waals surface area contributed by atoms with E-state index in [1.165, 1.54) is 0 Å². The van der Waals surface area contributed by atoms with E-state index >= 15 is 0 Å². The highest BCUT2D eigenvalue weighted by Gasteiger charge is 2.13. The molecule has 1 unspecified atom stereocenters. The Bertz CT molecular complexity index is 128. The standard InChI is InChI=1S/C7H13Br2NO/c1-5(2)10-7(11)6(9)3-4-8/h5-6H,3-4H2,1-2H3,(H,10,11). The quantitative estimate of drug-likeness (QED) is 0.788. The highest BCUT2D eigenvalue weighted by Crippen LogP contribution is 2.07. The third-order valence-corrected chi connectivity index (χ3v) is 2.41. The van der Waals surface area contributed by atoms with Gasteiger partial charge in [0.25, 0.3) is 0 Å². The van der Waals surface area contributed by atoms with Gasteiger partial charge in [0.1, 0.15) is 0 Å². The zero-order valence-electron chi connectivity index (χ0n) is 6.73. The van der Waals surface area contributed by atoms with E-state index in [9.17, 15) is 4.79 Å². The van der Waals surface area contributed by atoms with Crippen LogP contribution < -0.4 is 5.32 Å². The van der Waals surface area contributed by atoms with Crippen LogP contribution in [0.2, 0.25) is 0 Å². The first-order chi connectivity index (χ1) is 5.07. The lowest BCUT2D eigenvalue weighted by atomic mass is 10.3. The molecule has 1 N–H and O–H groups in total. The molecule has 0 aliphatic carbocycles. The van der Waals surface area contributed by atoms with Crippen LogP contribution in [0, 0.1) is 0 Å². The highest BCUT2D eigenvalue weighted by atomic mass is 79.9. The molecule has 66 valence electrons. The van der Waals surface area contributed by atoms with Gasteiger partial charge in [0.2, 0.25) is 5.91 Å². The second kappa shape index (κ2) is 6.00. The van der Waals surface area contributed by atoms with Gasteiger partial charge in [-0.2, -0.15) is 0 Å². The Labute approximate surface area is 84.4 Å². The van der Waals surface area contributed by atoms with Gasteiger partial charge in [-0.15, -0.1) is 0 Å². The van der Waals surface area contributed by atoms with Gasteiger partial charge >= 0.3 is 0 Å². The summed E-state index contributed by atoms with van der Waals surface area (Å²) in [5.41, 5.74) is 0. The molecule has 4 heteroatoms. The Balaban J connectivity index is 3.64. The van der Waals surface area contributed by atoms with Crippen LogP contribution in [0.15, 0.2) is 0 Å². The molecule has 0 aliphatic rings. The van der Waals surface area contributed by atoms with Crippen molar-refractivity contribution in [3.63, 3.8) is 0 Å². The molecular weight excluding hydrogens is 274 g/mol. The van der Waals surface area contributed by atoms with Crippen molar-refractivity contribution in [2.75, 3.05) is 5.33 Å². The van der Waals surface area contributed by atoms with Gasteiger partial charge in [0.05, 0.1) is 4.83 Å². The van der Waals surface area contributed by atoms with Gasteiger partial charge in [-0.25, -0.2) is 0 Å². The molecule has 0 aromatic heterocycles. The SMILES string of the molecule is CC(C)NC(=O)C(Br)CCBr. The number of hydrogen-bond acceptors (Lipinski definition) is 1. The molecule has 1 amide bonds. The van der Waals surface area contributed by atoms with Gasteiger partial charge in [0.15, 0.2) is 0 Å². The van der Waals surface area contributed by atoms with Crippen LogP contribution in [0.25, 0.3) is 0 Å². The summed E-state index contributed by atoms with van der Waals surface area (Å²) in [6.45, 7) is 3.90. The van der Waals surface area contributed by atoms with Crippen LogP contribution >= 0.6 is 31.9 Å². The maximum Gasteiger partial charge on any atom is 0.234 e. The van der Waals surface area contributed by atoms with Gasteiger partial charge in [-0.1, -0.05) is 31.9 Å². The van der Waals surface area contributed by atoms with Crippen molar-refractivity contribution in [2.24, 2.45) is 0 Å². The van der Waals surface area contributed by atoms with Gasteiger partial charge in [-0.05, 0) is 20.3 Å². The molecule has 0 spiro atoms. The van der Waals surface area contributed by atoms with E-state index < -0.39 is 0 Å². The minimum absolute atomic E-state index is 0.0655. The molecule has 0 aromatic carbocycles. The summed E-state index contributed by atoms with van der Waals surface area (Å²) in [7, 11) is 0. The number of carbonyl (C=O) groups is 1. The van der Waals surface area contributed by atoms with Crippen LogP contribution in [0.5, 0.6) is 0 Å². The van der Waals surface area contributed by atoms with Gasteiger partial charge in [0, 0.05) is 11.4 Å². The third-order valence-electron chi connectivity index (χ3n) is 1.08. The van der Waals surface area contributed by atoms with E-state index in [4.69, 9.17) is 0 Å². The van der Waals surface area contributed by atoms with E-state index in [-0.39, 0.29) is 16.8 Å². The van der Waals surface area contributed by atoms with Crippen molar-refractivity contribution in [3.8, 4) is 0 Å². The fourth-order valence-electron chi connectivity index (χ4n) is 0.602. The smallest absolute Gasteiger partial charge is 0.234 e. The Hall–Kier alpha value is 0.430. The zero-order chi connectivity index (χ0) is 8.85. The number of amides is 1. The highest BCUT2D eigenvalue weighted by molar-refractivity contribution is 9.10. The lowest BCUT2D eigenvalue weighted by Crippen LogP contribution is -2.36. The molecule has 0 bridgehead atoms. The number of nitrogens with one attached hydrogen (secondary N) is 1. The number of alkyl halides is 2. The average molecular weight is 287 g/mol. The van der Waals surface area contributed by atoms with Gasteiger partial charge < -0.3 is 5.32 Å². The normalized spacial score (nSPS) is 13.2. The lowest BCUT2D eigenvalue weighted by molar-refractivity contribution is -0.120. The Morgan fingerprint density at radius 1 is 1.55 bits per heavy atom. The zero-order valence-corrected chi connectivity index (χ0v) is 9.91. The number of hydrogen-bond donors (Lipinski definition) is 1. The minimum Gasteiger partial charge on any atom is -0.353 e. The molecule has 11 heavy (non-hydrogen) atoms. The molecule has 2 nitrogen and oxygen atoms in total. The second-order valence-electron chi connectivity index (χ2n) is 2.61. The maximum absolute atomic E-state index is 11.2. The largest absolute Gasteiger partial charge is 0.353 e. The van der Waals surface area contributed by atoms with E-state index in [0.29, 0.717) is 0 Å². The van der Waals surface area contributed by atoms with Crippen LogP contribution in [0.1, 0.15) is 20.3 Å². The maximum atomic E-state index is 11.2. The molecule has 1 atom stereocenters. The predicted octanol–water partition coefficient (Wildman–Crippen LogP) is 2.06. The number of rotatable bonds is 4. The predicted molar refractivity (Wildman–Crippen MR) is 54.4 cm³/mol. The Morgan fingerprint density at radius 3 is 2.45 bits per heavy atom. The minimum atomic E-state index is -0.0655. The summed E-state index contributed by atoms with van der Waals surface area (Å²) in [6, 6.07) is 0.220. The number of carbonyl (C=O) groups excluding carboxylic acids is 1. The van der Waals surface area contributed by atoms with Crippen molar-refractivity contribution >= 4 is 37.8 Å². The average Bonchev–Trinajstić information content (AvgIpc) is 1.86. The molecule has 0 saturated carbocycles. The first kappa shape index (κ1) is 11.4. The lowest BCUT2D eigenvalue weighted by Gasteiger charge is -2.11. The Morgan fingerprint density at radius 2 is 2.09 bits per heavy atom. The van der Waals surface area contributed by atoms with Crippen molar-refractivity contribution in [1.82, 2.24) is 5.32 Å². The Kier molecular flexibility index (Phi) is 6.24. The third kappa shape index (κ3) is 5.67. The molecule has 0 fully saturated rings. The molecule has 0 saturated heterocycles.